The maximum Gasteiger partial charge on any atom is 0.227 e. The number of nitrogens with two attached hydrogens (primary N) is 1. The first kappa shape index (κ1) is 18.9. The Kier molecular flexibility index (Phi) is 7.21. The van der Waals surface area contributed by atoms with E-state index in [-0.39, 0.29) is 17.9 Å². The lowest BCUT2D eigenvalue weighted by atomic mass is 9.93. The molecule has 1 aliphatic heterocycles. The largest absolute Gasteiger partial charge is 0.383 e. The second kappa shape index (κ2) is 9.16. The van der Waals surface area contributed by atoms with Gasteiger partial charge in [-0.25, -0.2) is 0 Å². The number of benzene rings is 1. The molecule has 2 rings (SSSR count). The SMILES string of the molecule is CCC1CN(C(=O)C(C)C(N)c2ccccc2)CCN1CCOC. The third kappa shape index (κ3) is 4.56. The van der Waals surface area contributed by atoms with Gasteiger partial charge in [-0.15, -0.1) is 0 Å². The smallest absolute Gasteiger partial charge is 0.227 e. The summed E-state index contributed by atoms with van der Waals surface area (Å²) >= 11 is 0. The van der Waals surface area contributed by atoms with Crippen LogP contribution in [-0.2, 0) is 9.53 Å². The fourth-order valence-corrected chi connectivity index (χ4v) is 3.39. The normalized spacial score (nSPS) is 21.5. The number of amides is 1. The number of rotatable bonds is 7. The molecule has 1 saturated heterocycles. The third-order valence-electron chi connectivity index (χ3n) is 5.08. The van der Waals surface area contributed by atoms with Crippen LogP contribution in [0, 0.1) is 5.92 Å². The number of nitrogens with zero attached hydrogens (tertiary/aromatic N) is 2. The highest BCUT2D eigenvalue weighted by atomic mass is 16.5. The molecule has 0 spiro atoms. The van der Waals surface area contributed by atoms with E-state index >= 15 is 0 Å². The molecule has 134 valence electrons. The molecule has 0 bridgehead atoms. The molecule has 3 atom stereocenters. The van der Waals surface area contributed by atoms with Crippen LogP contribution >= 0.6 is 0 Å². The fourth-order valence-electron chi connectivity index (χ4n) is 3.39. The topological polar surface area (TPSA) is 58.8 Å². The van der Waals surface area contributed by atoms with Crippen LogP contribution in [0.15, 0.2) is 30.3 Å². The van der Waals surface area contributed by atoms with Crippen molar-refractivity contribution in [1.82, 2.24) is 9.80 Å². The van der Waals surface area contributed by atoms with Gasteiger partial charge < -0.3 is 15.4 Å². The van der Waals surface area contributed by atoms with Crippen LogP contribution in [-0.4, -0.2) is 61.6 Å². The van der Waals surface area contributed by atoms with E-state index in [1.165, 1.54) is 0 Å². The zero-order valence-electron chi connectivity index (χ0n) is 15.1. The minimum Gasteiger partial charge on any atom is -0.383 e. The first-order chi connectivity index (χ1) is 11.6. The summed E-state index contributed by atoms with van der Waals surface area (Å²) in [5.41, 5.74) is 7.35. The van der Waals surface area contributed by atoms with Gasteiger partial charge in [0.25, 0.3) is 0 Å². The van der Waals surface area contributed by atoms with E-state index in [1.54, 1.807) is 7.11 Å². The van der Waals surface area contributed by atoms with E-state index in [2.05, 4.69) is 11.8 Å². The Morgan fingerprint density at radius 2 is 2.04 bits per heavy atom. The van der Waals surface area contributed by atoms with Crippen molar-refractivity contribution in [3.8, 4) is 0 Å². The van der Waals surface area contributed by atoms with Gasteiger partial charge in [-0.1, -0.05) is 44.2 Å². The van der Waals surface area contributed by atoms with Crippen LogP contribution in [0.2, 0.25) is 0 Å². The van der Waals surface area contributed by atoms with Crippen LogP contribution < -0.4 is 5.73 Å². The lowest BCUT2D eigenvalue weighted by molar-refractivity contribution is -0.139. The highest BCUT2D eigenvalue weighted by Crippen LogP contribution is 2.23. The minimum absolute atomic E-state index is 0.163. The summed E-state index contributed by atoms with van der Waals surface area (Å²) < 4.78 is 5.19. The van der Waals surface area contributed by atoms with Crippen LogP contribution in [0.4, 0.5) is 0 Å². The Bertz CT molecular complexity index is 509. The molecule has 0 aliphatic carbocycles. The van der Waals surface area contributed by atoms with E-state index in [0.29, 0.717) is 6.04 Å². The first-order valence-electron chi connectivity index (χ1n) is 8.90. The highest BCUT2D eigenvalue weighted by molar-refractivity contribution is 5.79. The van der Waals surface area contributed by atoms with E-state index in [4.69, 9.17) is 10.5 Å². The first-order valence-corrected chi connectivity index (χ1v) is 8.90. The summed E-state index contributed by atoms with van der Waals surface area (Å²) in [5.74, 6) is -0.0494. The standard InChI is InChI=1S/C19H31N3O2/c1-4-17-14-22(11-10-21(17)12-13-24-3)19(23)15(2)18(20)16-8-6-5-7-9-16/h5-9,15,17-18H,4,10-14,20H2,1-3H3. The summed E-state index contributed by atoms with van der Waals surface area (Å²) in [4.78, 5) is 17.3. The van der Waals surface area contributed by atoms with E-state index in [9.17, 15) is 4.79 Å². The van der Waals surface area contributed by atoms with Crippen molar-refractivity contribution in [3.63, 3.8) is 0 Å². The second-order valence-electron chi connectivity index (χ2n) is 6.60. The molecular weight excluding hydrogens is 302 g/mol. The van der Waals surface area contributed by atoms with Crippen molar-refractivity contribution in [2.45, 2.75) is 32.4 Å². The number of hydrogen-bond donors (Lipinski definition) is 1. The average molecular weight is 333 g/mol. The number of carbonyl (C=O) groups excluding carboxylic acids is 1. The minimum atomic E-state index is -0.259. The monoisotopic (exact) mass is 333 g/mol. The van der Waals surface area contributed by atoms with Crippen molar-refractivity contribution in [2.75, 3.05) is 39.9 Å². The lowest BCUT2D eigenvalue weighted by Gasteiger charge is -2.42. The molecule has 1 amide bonds. The fraction of sp³-hybridized carbons (Fsp3) is 0.632. The van der Waals surface area contributed by atoms with Crippen molar-refractivity contribution in [2.24, 2.45) is 11.7 Å². The van der Waals surface area contributed by atoms with Crippen molar-refractivity contribution in [3.05, 3.63) is 35.9 Å². The molecule has 0 saturated carbocycles. The molecule has 1 fully saturated rings. The molecule has 5 heteroatoms. The van der Waals surface area contributed by atoms with Gasteiger partial charge in [-0.3, -0.25) is 9.69 Å². The Labute approximate surface area is 145 Å². The molecule has 0 radical (unpaired) electrons. The van der Waals surface area contributed by atoms with Crippen LogP contribution in [0.25, 0.3) is 0 Å². The lowest BCUT2D eigenvalue weighted by Crippen LogP contribution is -2.56. The van der Waals surface area contributed by atoms with Gasteiger partial charge in [-0.05, 0) is 12.0 Å². The molecule has 24 heavy (non-hydrogen) atoms. The molecule has 5 nitrogen and oxygen atoms in total. The van der Waals surface area contributed by atoms with Gasteiger partial charge in [-0.2, -0.15) is 0 Å². The quantitative estimate of drug-likeness (QED) is 0.828. The van der Waals surface area contributed by atoms with Gasteiger partial charge in [0, 0.05) is 45.4 Å². The predicted octanol–water partition coefficient (Wildman–Crippen LogP) is 1.89. The zero-order chi connectivity index (χ0) is 17.5. The Balaban J connectivity index is 1.97. The van der Waals surface area contributed by atoms with Gasteiger partial charge in [0.05, 0.1) is 12.5 Å². The summed E-state index contributed by atoms with van der Waals surface area (Å²) in [7, 11) is 1.73. The van der Waals surface area contributed by atoms with Crippen LogP contribution in [0.3, 0.4) is 0 Å². The molecule has 2 N–H and O–H groups in total. The van der Waals surface area contributed by atoms with Crippen molar-refractivity contribution in [1.29, 1.82) is 0 Å². The van der Waals surface area contributed by atoms with Gasteiger partial charge >= 0.3 is 0 Å². The van der Waals surface area contributed by atoms with Gasteiger partial charge in [0.1, 0.15) is 0 Å². The van der Waals surface area contributed by atoms with Gasteiger partial charge in [0.15, 0.2) is 0 Å². The maximum absolute atomic E-state index is 12.9. The van der Waals surface area contributed by atoms with Gasteiger partial charge in [0.2, 0.25) is 5.91 Å². The number of hydrogen-bond acceptors (Lipinski definition) is 4. The molecule has 1 aromatic rings. The molecule has 1 aromatic carbocycles. The molecule has 1 aliphatic rings. The average Bonchev–Trinajstić information content (AvgIpc) is 2.65. The summed E-state index contributed by atoms with van der Waals surface area (Å²) in [6.07, 6.45) is 1.03. The summed E-state index contributed by atoms with van der Waals surface area (Å²) in [5, 5.41) is 0. The Morgan fingerprint density at radius 1 is 1.33 bits per heavy atom. The Hall–Kier alpha value is -1.43. The van der Waals surface area contributed by atoms with Crippen molar-refractivity contribution >= 4 is 5.91 Å². The van der Waals surface area contributed by atoms with E-state index in [0.717, 1.165) is 44.8 Å². The molecule has 1 heterocycles. The zero-order valence-corrected chi connectivity index (χ0v) is 15.1. The summed E-state index contributed by atoms with van der Waals surface area (Å²) in [6, 6.07) is 10.0. The maximum atomic E-state index is 12.9. The predicted molar refractivity (Wildman–Crippen MR) is 96.6 cm³/mol. The number of piperazine rings is 1. The molecule has 3 unspecified atom stereocenters. The Morgan fingerprint density at radius 3 is 2.67 bits per heavy atom. The number of methoxy groups -OCH3 is 1. The highest BCUT2D eigenvalue weighted by Gasteiger charge is 2.32. The van der Waals surface area contributed by atoms with E-state index in [1.807, 2.05) is 42.2 Å². The van der Waals surface area contributed by atoms with Crippen LogP contribution in [0.1, 0.15) is 31.9 Å². The van der Waals surface area contributed by atoms with Crippen molar-refractivity contribution < 1.29 is 9.53 Å². The summed E-state index contributed by atoms with van der Waals surface area (Å²) in [6.45, 7) is 8.24. The number of carbonyl (C=O) groups is 1. The van der Waals surface area contributed by atoms with Crippen LogP contribution in [0.5, 0.6) is 0 Å². The second-order valence-corrected chi connectivity index (χ2v) is 6.60. The number of ether oxygens (including phenoxy) is 1. The molecular formula is C19H31N3O2. The molecule has 0 aromatic heterocycles. The van der Waals surface area contributed by atoms with E-state index < -0.39 is 0 Å². The third-order valence-corrected chi connectivity index (χ3v) is 5.08.